The first-order chi connectivity index (χ1) is 8.31. The van der Waals surface area contributed by atoms with Crippen LogP contribution in [0.5, 0.6) is 0 Å². The van der Waals surface area contributed by atoms with E-state index in [4.69, 9.17) is 11.6 Å². The van der Waals surface area contributed by atoms with Crippen molar-refractivity contribution in [1.29, 1.82) is 0 Å². The Morgan fingerprint density at radius 3 is 2.65 bits per heavy atom. The molecule has 0 aliphatic heterocycles. The van der Waals surface area contributed by atoms with Crippen molar-refractivity contribution in [2.75, 3.05) is 17.3 Å². The summed E-state index contributed by atoms with van der Waals surface area (Å²) in [6, 6.07) is 4.89. The predicted octanol–water partition coefficient (Wildman–Crippen LogP) is 3.77. The minimum atomic E-state index is 0.637. The summed E-state index contributed by atoms with van der Waals surface area (Å²) in [6.45, 7) is 2.98. The Hall–Kier alpha value is -0.760. The van der Waals surface area contributed by atoms with E-state index in [0.717, 1.165) is 12.4 Å². The van der Waals surface area contributed by atoms with Crippen LogP contribution in [0.25, 0.3) is 0 Å². The van der Waals surface area contributed by atoms with Gasteiger partial charge < -0.3 is 4.90 Å². The number of aryl methyl sites for hydroxylation is 1. The number of pyridine rings is 1. The molecule has 1 aromatic rings. The number of rotatable bonds is 4. The molecule has 0 bridgehead atoms. The van der Waals surface area contributed by atoms with Gasteiger partial charge in [0.05, 0.1) is 0 Å². The van der Waals surface area contributed by atoms with E-state index in [2.05, 4.69) is 28.9 Å². The maximum Gasteiger partial charge on any atom is 0.128 e. The lowest BCUT2D eigenvalue weighted by atomic mass is 9.94. The molecule has 0 amide bonds. The highest BCUT2D eigenvalue weighted by atomic mass is 35.5. The smallest absolute Gasteiger partial charge is 0.128 e. The van der Waals surface area contributed by atoms with Crippen molar-refractivity contribution in [3.05, 3.63) is 23.9 Å². The topological polar surface area (TPSA) is 16.1 Å². The number of alkyl halides is 1. The van der Waals surface area contributed by atoms with Crippen LogP contribution in [0.1, 0.15) is 37.7 Å². The van der Waals surface area contributed by atoms with Crippen LogP contribution in [-0.4, -0.2) is 23.5 Å². The van der Waals surface area contributed by atoms with Crippen LogP contribution in [0, 0.1) is 6.92 Å². The molecule has 2 nitrogen and oxygen atoms in total. The summed E-state index contributed by atoms with van der Waals surface area (Å²) in [5.74, 6) is 1.76. The molecule has 17 heavy (non-hydrogen) atoms. The molecule has 1 fully saturated rings. The lowest BCUT2D eigenvalue weighted by molar-refractivity contribution is 0.416. The van der Waals surface area contributed by atoms with E-state index < -0.39 is 0 Å². The molecule has 3 heteroatoms. The van der Waals surface area contributed by atoms with Gasteiger partial charge in [0.1, 0.15) is 5.82 Å². The minimum Gasteiger partial charge on any atom is -0.352 e. The monoisotopic (exact) mass is 252 g/mol. The summed E-state index contributed by atoms with van der Waals surface area (Å²) in [4.78, 5) is 6.93. The Bertz CT molecular complexity index is 331. The number of aromatic nitrogens is 1. The average Bonchev–Trinajstić information content (AvgIpc) is 2.38. The number of anilines is 1. The van der Waals surface area contributed by atoms with E-state index in [0.29, 0.717) is 11.9 Å². The van der Waals surface area contributed by atoms with Crippen molar-refractivity contribution < 1.29 is 0 Å². The first kappa shape index (κ1) is 12.7. The molecular formula is C14H21ClN2. The Labute approximate surface area is 109 Å². The summed E-state index contributed by atoms with van der Waals surface area (Å²) in [7, 11) is 0. The molecular weight excluding hydrogens is 232 g/mol. The number of halogens is 1. The van der Waals surface area contributed by atoms with Gasteiger partial charge in [0, 0.05) is 24.7 Å². The normalized spacial score (nSPS) is 17.1. The second kappa shape index (κ2) is 6.25. The van der Waals surface area contributed by atoms with E-state index in [1.807, 2.05) is 6.20 Å². The van der Waals surface area contributed by atoms with Crippen LogP contribution >= 0.6 is 11.6 Å². The SMILES string of the molecule is Cc1ccc(N(CCCl)C2CCCCC2)nc1. The lowest BCUT2D eigenvalue weighted by Gasteiger charge is -2.35. The third kappa shape index (κ3) is 3.35. The predicted molar refractivity (Wildman–Crippen MR) is 73.9 cm³/mol. The Balaban J connectivity index is 2.12. The first-order valence-electron chi connectivity index (χ1n) is 6.56. The minimum absolute atomic E-state index is 0.637. The molecule has 0 unspecified atom stereocenters. The van der Waals surface area contributed by atoms with Crippen LogP contribution < -0.4 is 4.90 Å². The zero-order chi connectivity index (χ0) is 12.1. The van der Waals surface area contributed by atoms with Crippen LogP contribution in [0.4, 0.5) is 5.82 Å². The van der Waals surface area contributed by atoms with Crippen molar-refractivity contribution in [1.82, 2.24) is 4.98 Å². The van der Waals surface area contributed by atoms with E-state index in [9.17, 15) is 0 Å². The summed E-state index contributed by atoms with van der Waals surface area (Å²) < 4.78 is 0. The fourth-order valence-corrected chi connectivity index (χ4v) is 2.78. The van der Waals surface area contributed by atoms with Crippen molar-refractivity contribution in [3.63, 3.8) is 0 Å². The number of hydrogen-bond donors (Lipinski definition) is 0. The standard InChI is InChI=1S/C14H21ClN2/c1-12-7-8-14(16-11-12)17(10-9-15)13-5-3-2-4-6-13/h7-8,11,13H,2-6,9-10H2,1H3. The largest absolute Gasteiger partial charge is 0.352 e. The van der Waals surface area contributed by atoms with Gasteiger partial charge in [0.2, 0.25) is 0 Å². The Kier molecular flexibility index (Phi) is 4.66. The summed E-state index contributed by atoms with van der Waals surface area (Å²) in [5.41, 5.74) is 1.21. The van der Waals surface area contributed by atoms with Gasteiger partial charge >= 0.3 is 0 Å². The van der Waals surface area contributed by atoms with Crippen LogP contribution in [0.2, 0.25) is 0 Å². The molecule has 1 saturated carbocycles. The Morgan fingerprint density at radius 2 is 2.06 bits per heavy atom. The maximum absolute atomic E-state index is 5.93. The fourth-order valence-electron chi connectivity index (χ4n) is 2.60. The van der Waals surface area contributed by atoms with Gasteiger partial charge in [-0.2, -0.15) is 0 Å². The lowest BCUT2D eigenvalue weighted by Crippen LogP contribution is -2.38. The highest BCUT2D eigenvalue weighted by Crippen LogP contribution is 2.26. The molecule has 1 aliphatic carbocycles. The first-order valence-corrected chi connectivity index (χ1v) is 7.10. The third-order valence-corrected chi connectivity index (χ3v) is 3.70. The van der Waals surface area contributed by atoms with E-state index in [1.165, 1.54) is 37.7 Å². The van der Waals surface area contributed by atoms with Crippen molar-refractivity contribution in [2.24, 2.45) is 0 Å². The second-order valence-corrected chi connectivity index (χ2v) is 5.25. The molecule has 0 aromatic carbocycles. The molecule has 2 rings (SSSR count). The highest BCUT2D eigenvalue weighted by Gasteiger charge is 2.21. The molecule has 0 spiro atoms. The van der Waals surface area contributed by atoms with Gasteiger partial charge in [-0.1, -0.05) is 25.3 Å². The number of nitrogens with zero attached hydrogens (tertiary/aromatic N) is 2. The molecule has 0 atom stereocenters. The van der Waals surface area contributed by atoms with E-state index in [-0.39, 0.29) is 0 Å². The van der Waals surface area contributed by atoms with E-state index in [1.54, 1.807) is 0 Å². The molecule has 94 valence electrons. The zero-order valence-electron chi connectivity index (χ0n) is 10.5. The molecule has 1 heterocycles. The third-order valence-electron chi connectivity index (χ3n) is 3.53. The molecule has 0 N–H and O–H groups in total. The van der Waals surface area contributed by atoms with Crippen molar-refractivity contribution in [3.8, 4) is 0 Å². The van der Waals surface area contributed by atoms with Crippen molar-refractivity contribution in [2.45, 2.75) is 45.1 Å². The van der Waals surface area contributed by atoms with E-state index >= 15 is 0 Å². The molecule has 0 saturated heterocycles. The quantitative estimate of drug-likeness (QED) is 0.759. The van der Waals surface area contributed by atoms with Gasteiger partial charge in [-0.15, -0.1) is 11.6 Å². The molecule has 1 aromatic heterocycles. The summed E-state index contributed by atoms with van der Waals surface area (Å²) in [6.07, 6.45) is 8.58. The van der Waals surface area contributed by atoms with Crippen LogP contribution in [0.3, 0.4) is 0 Å². The fraction of sp³-hybridized carbons (Fsp3) is 0.643. The van der Waals surface area contributed by atoms with Gasteiger partial charge in [-0.05, 0) is 31.4 Å². The van der Waals surface area contributed by atoms with Gasteiger partial charge in [0.15, 0.2) is 0 Å². The highest BCUT2D eigenvalue weighted by molar-refractivity contribution is 6.18. The summed E-state index contributed by atoms with van der Waals surface area (Å²) in [5, 5.41) is 0. The molecule has 1 aliphatic rings. The van der Waals surface area contributed by atoms with Gasteiger partial charge in [-0.25, -0.2) is 4.98 Å². The maximum atomic E-state index is 5.93. The Morgan fingerprint density at radius 1 is 1.29 bits per heavy atom. The number of hydrogen-bond acceptors (Lipinski definition) is 2. The molecule has 0 radical (unpaired) electrons. The zero-order valence-corrected chi connectivity index (χ0v) is 11.3. The van der Waals surface area contributed by atoms with Crippen molar-refractivity contribution >= 4 is 17.4 Å². The van der Waals surface area contributed by atoms with Gasteiger partial charge in [0.25, 0.3) is 0 Å². The second-order valence-electron chi connectivity index (χ2n) is 4.87. The van der Waals surface area contributed by atoms with Gasteiger partial charge in [-0.3, -0.25) is 0 Å². The average molecular weight is 253 g/mol. The van der Waals surface area contributed by atoms with Crippen LogP contribution in [0.15, 0.2) is 18.3 Å². The summed E-state index contributed by atoms with van der Waals surface area (Å²) >= 11 is 5.93. The van der Waals surface area contributed by atoms with Crippen LogP contribution in [-0.2, 0) is 0 Å².